The Morgan fingerprint density at radius 1 is 1.70 bits per heavy atom. The van der Waals surface area contributed by atoms with Crippen LogP contribution in [0.2, 0.25) is 0 Å². The predicted molar refractivity (Wildman–Crippen MR) is 33.6 cm³/mol. The highest BCUT2D eigenvalue weighted by molar-refractivity contribution is 5.88. The van der Waals surface area contributed by atoms with Gasteiger partial charge < -0.3 is 9.84 Å². The molecule has 0 radical (unpaired) electrons. The third kappa shape index (κ3) is 0.671. The van der Waals surface area contributed by atoms with E-state index >= 15 is 0 Å². The van der Waals surface area contributed by atoms with Crippen molar-refractivity contribution in [1.82, 2.24) is 0 Å². The molecule has 1 saturated heterocycles. The van der Waals surface area contributed by atoms with Crippen LogP contribution in [-0.2, 0) is 9.53 Å². The van der Waals surface area contributed by atoms with E-state index in [1.54, 1.807) is 6.08 Å². The first kappa shape index (κ1) is 5.92. The molecule has 0 aromatic heterocycles. The Bertz CT molecular complexity index is 207. The zero-order valence-electron chi connectivity index (χ0n) is 5.41. The van der Waals surface area contributed by atoms with Crippen LogP contribution in [0.4, 0.5) is 0 Å². The number of carboxylic acid groups (broad SMARTS) is 1. The molecule has 0 aromatic carbocycles. The van der Waals surface area contributed by atoms with Crippen LogP contribution in [0.5, 0.6) is 0 Å². The zero-order valence-corrected chi connectivity index (χ0v) is 5.41. The third-order valence-corrected chi connectivity index (χ3v) is 2.01. The molecule has 0 spiro atoms. The Morgan fingerprint density at radius 3 is 2.80 bits per heavy atom. The second-order valence-electron chi connectivity index (χ2n) is 2.67. The molecule has 0 aliphatic carbocycles. The van der Waals surface area contributed by atoms with Crippen molar-refractivity contribution >= 4 is 5.97 Å². The van der Waals surface area contributed by atoms with Crippen LogP contribution in [0.25, 0.3) is 0 Å². The lowest BCUT2D eigenvalue weighted by Crippen LogP contribution is -2.13. The van der Waals surface area contributed by atoms with Gasteiger partial charge in [-0.25, -0.2) is 4.79 Å². The summed E-state index contributed by atoms with van der Waals surface area (Å²) < 4.78 is 5.27. The summed E-state index contributed by atoms with van der Waals surface area (Å²) in [5.74, 6) is -0.827. The Morgan fingerprint density at radius 2 is 2.50 bits per heavy atom. The van der Waals surface area contributed by atoms with E-state index in [-0.39, 0.29) is 12.2 Å². The SMILES string of the molecule is O=C(O)C1=C[C@H]2CC[C@H]1O2. The van der Waals surface area contributed by atoms with E-state index in [4.69, 9.17) is 9.84 Å². The van der Waals surface area contributed by atoms with Gasteiger partial charge in [-0.2, -0.15) is 0 Å². The summed E-state index contributed by atoms with van der Waals surface area (Å²) in [5, 5.41) is 8.59. The average molecular weight is 140 g/mol. The molecule has 2 aliphatic rings. The van der Waals surface area contributed by atoms with Gasteiger partial charge in [0.25, 0.3) is 0 Å². The zero-order chi connectivity index (χ0) is 7.14. The minimum absolute atomic E-state index is 0.0936. The fourth-order valence-corrected chi connectivity index (χ4v) is 1.53. The molecule has 54 valence electrons. The van der Waals surface area contributed by atoms with Crippen molar-refractivity contribution in [2.45, 2.75) is 25.0 Å². The monoisotopic (exact) mass is 140 g/mol. The van der Waals surface area contributed by atoms with Crippen molar-refractivity contribution in [3.05, 3.63) is 11.6 Å². The quantitative estimate of drug-likeness (QED) is 0.578. The number of rotatable bonds is 1. The molecule has 1 N–H and O–H groups in total. The largest absolute Gasteiger partial charge is 0.478 e. The van der Waals surface area contributed by atoms with Crippen LogP contribution in [0.1, 0.15) is 12.8 Å². The minimum atomic E-state index is -0.827. The lowest BCUT2D eigenvalue weighted by Gasteiger charge is -2.03. The van der Waals surface area contributed by atoms with Crippen molar-refractivity contribution in [1.29, 1.82) is 0 Å². The highest BCUT2D eigenvalue weighted by Gasteiger charge is 2.36. The number of ether oxygens (including phenoxy) is 1. The number of carbonyl (C=O) groups is 1. The van der Waals surface area contributed by atoms with E-state index in [1.165, 1.54) is 0 Å². The molecule has 2 aliphatic heterocycles. The Kier molecular flexibility index (Phi) is 1.08. The van der Waals surface area contributed by atoms with Gasteiger partial charge >= 0.3 is 5.97 Å². The maximum absolute atomic E-state index is 10.4. The summed E-state index contributed by atoms with van der Waals surface area (Å²) in [6.07, 6.45) is 3.57. The van der Waals surface area contributed by atoms with Crippen LogP contribution in [0, 0.1) is 0 Å². The summed E-state index contributed by atoms with van der Waals surface area (Å²) in [7, 11) is 0. The summed E-state index contributed by atoms with van der Waals surface area (Å²) in [6.45, 7) is 0. The van der Waals surface area contributed by atoms with Gasteiger partial charge in [0.05, 0.1) is 17.8 Å². The molecule has 2 heterocycles. The smallest absolute Gasteiger partial charge is 0.333 e. The normalized spacial score (nSPS) is 36.2. The molecule has 3 nitrogen and oxygen atoms in total. The minimum Gasteiger partial charge on any atom is -0.478 e. The maximum Gasteiger partial charge on any atom is 0.333 e. The lowest BCUT2D eigenvalue weighted by molar-refractivity contribution is -0.133. The van der Waals surface area contributed by atoms with E-state index in [0.29, 0.717) is 5.57 Å². The maximum atomic E-state index is 10.4. The molecule has 0 aromatic rings. The van der Waals surface area contributed by atoms with Crippen molar-refractivity contribution in [3.8, 4) is 0 Å². The molecule has 0 amide bonds. The Hall–Kier alpha value is -0.830. The van der Waals surface area contributed by atoms with Crippen LogP contribution >= 0.6 is 0 Å². The van der Waals surface area contributed by atoms with Crippen LogP contribution in [-0.4, -0.2) is 23.3 Å². The fraction of sp³-hybridized carbons (Fsp3) is 0.571. The van der Waals surface area contributed by atoms with Gasteiger partial charge in [0.15, 0.2) is 0 Å². The van der Waals surface area contributed by atoms with Crippen molar-refractivity contribution < 1.29 is 14.6 Å². The summed E-state index contributed by atoms with van der Waals surface area (Å²) in [4.78, 5) is 10.4. The first-order chi connectivity index (χ1) is 4.77. The molecule has 2 atom stereocenters. The molecule has 2 bridgehead atoms. The number of fused-ring (bicyclic) bond motifs is 2. The van der Waals surface area contributed by atoms with E-state index in [2.05, 4.69) is 0 Å². The van der Waals surface area contributed by atoms with Crippen LogP contribution in [0.15, 0.2) is 11.6 Å². The van der Waals surface area contributed by atoms with Gasteiger partial charge in [0.1, 0.15) is 0 Å². The van der Waals surface area contributed by atoms with Crippen molar-refractivity contribution in [3.63, 3.8) is 0 Å². The van der Waals surface area contributed by atoms with Gasteiger partial charge in [0, 0.05) is 0 Å². The van der Waals surface area contributed by atoms with E-state index in [1.807, 2.05) is 0 Å². The second-order valence-corrected chi connectivity index (χ2v) is 2.67. The highest BCUT2D eigenvalue weighted by Crippen LogP contribution is 2.33. The fourth-order valence-electron chi connectivity index (χ4n) is 1.53. The Balaban J connectivity index is 2.25. The molecular formula is C7H8O3. The molecule has 0 unspecified atom stereocenters. The molecule has 3 heteroatoms. The van der Waals surface area contributed by atoms with E-state index < -0.39 is 5.97 Å². The molecule has 2 rings (SSSR count). The van der Waals surface area contributed by atoms with Gasteiger partial charge in [-0.05, 0) is 18.9 Å². The third-order valence-electron chi connectivity index (χ3n) is 2.01. The standard InChI is InChI=1S/C7H8O3/c8-7(9)5-3-4-1-2-6(5)10-4/h3-4,6H,1-2H2,(H,8,9)/t4-,6-/m1/s1. The van der Waals surface area contributed by atoms with Gasteiger partial charge in [-0.15, -0.1) is 0 Å². The molecule has 1 fully saturated rings. The van der Waals surface area contributed by atoms with Gasteiger partial charge in [-0.3, -0.25) is 0 Å². The van der Waals surface area contributed by atoms with Gasteiger partial charge in [0.2, 0.25) is 0 Å². The number of hydrogen-bond acceptors (Lipinski definition) is 2. The van der Waals surface area contributed by atoms with Crippen LogP contribution < -0.4 is 0 Å². The Labute approximate surface area is 58.3 Å². The first-order valence-corrected chi connectivity index (χ1v) is 3.38. The van der Waals surface area contributed by atoms with Crippen LogP contribution in [0.3, 0.4) is 0 Å². The first-order valence-electron chi connectivity index (χ1n) is 3.38. The molecule has 0 saturated carbocycles. The number of aliphatic carboxylic acids is 1. The summed E-state index contributed by atoms with van der Waals surface area (Å²) >= 11 is 0. The molecule has 10 heavy (non-hydrogen) atoms. The molecular weight excluding hydrogens is 132 g/mol. The number of carboxylic acids is 1. The average Bonchev–Trinajstić information content (AvgIpc) is 2.44. The highest BCUT2D eigenvalue weighted by atomic mass is 16.5. The summed E-state index contributed by atoms with van der Waals surface area (Å²) in [6, 6.07) is 0. The predicted octanol–water partition coefficient (Wildman–Crippen LogP) is 0.559. The van der Waals surface area contributed by atoms with Crippen molar-refractivity contribution in [2.24, 2.45) is 0 Å². The second kappa shape index (κ2) is 1.83. The lowest BCUT2D eigenvalue weighted by atomic mass is 10.00. The van der Waals surface area contributed by atoms with E-state index in [0.717, 1.165) is 12.8 Å². The van der Waals surface area contributed by atoms with E-state index in [9.17, 15) is 4.79 Å². The number of hydrogen-bond donors (Lipinski definition) is 1. The topological polar surface area (TPSA) is 46.5 Å². The van der Waals surface area contributed by atoms with Crippen molar-refractivity contribution in [2.75, 3.05) is 0 Å². The van der Waals surface area contributed by atoms with Gasteiger partial charge in [-0.1, -0.05) is 0 Å². The summed E-state index contributed by atoms with van der Waals surface area (Å²) in [5.41, 5.74) is 0.455.